The number of esters is 1. The summed E-state index contributed by atoms with van der Waals surface area (Å²) >= 11 is 0. The molecule has 1 fully saturated rings. The maximum atomic E-state index is 11.8. The molecule has 1 amide bonds. The lowest BCUT2D eigenvalue weighted by atomic mass is 10.2. The van der Waals surface area contributed by atoms with Crippen LogP contribution in [0.15, 0.2) is 24.3 Å². The highest BCUT2D eigenvalue weighted by Crippen LogP contribution is 2.17. The molecule has 114 valence electrons. The Kier molecular flexibility index (Phi) is 5.60. The quantitative estimate of drug-likeness (QED) is 0.789. The molecule has 5 heteroatoms. The molecule has 0 bridgehead atoms. The maximum Gasteiger partial charge on any atom is 0.337 e. The number of carbonyl (C=O) groups excluding carboxylic acids is 2. The third kappa shape index (κ3) is 4.77. The van der Waals surface area contributed by atoms with Gasteiger partial charge >= 0.3 is 5.97 Å². The van der Waals surface area contributed by atoms with Gasteiger partial charge in [-0.25, -0.2) is 4.79 Å². The molecule has 0 saturated heterocycles. The summed E-state index contributed by atoms with van der Waals surface area (Å²) in [6.07, 6.45) is 5.10. The van der Waals surface area contributed by atoms with Crippen LogP contribution in [0.5, 0.6) is 0 Å². The molecule has 1 saturated carbocycles. The van der Waals surface area contributed by atoms with E-state index in [-0.39, 0.29) is 11.9 Å². The number of ether oxygens (including phenoxy) is 1. The van der Waals surface area contributed by atoms with Gasteiger partial charge in [0.15, 0.2) is 0 Å². The molecule has 0 radical (unpaired) electrons. The first-order valence-electron chi connectivity index (χ1n) is 7.40. The van der Waals surface area contributed by atoms with Crippen molar-refractivity contribution in [2.75, 3.05) is 19.0 Å². The van der Waals surface area contributed by atoms with E-state index in [0.717, 1.165) is 18.5 Å². The summed E-state index contributed by atoms with van der Waals surface area (Å²) in [4.78, 5) is 23.1. The summed E-state index contributed by atoms with van der Waals surface area (Å²) in [6.45, 7) is 0.579. The molecule has 5 nitrogen and oxygen atoms in total. The molecule has 0 spiro atoms. The number of rotatable bonds is 6. The molecule has 2 rings (SSSR count). The number of hydrogen-bond acceptors (Lipinski definition) is 4. The van der Waals surface area contributed by atoms with Gasteiger partial charge in [-0.1, -0.05) is 12.8 Å². The average molecular weight is 290 g/mol. The molecule has 0 atom stereocenters. The van der Waals surface area contributed by atoms with E-state index in [1.165, 1.54) is 20.0 Å². The standard InChI is InChI=1S/C16H22N2O3/c1-21-16(20)12-6-8-13(9-7-12)17-11-10-15(19)18-14-4-2-3-5-14/h6-9,14,17H,2-5,10-11H2,1H3,(H,18,19). The molecule has 1 aromatic rings. The topological polar surface area (TPSA) is 67.4 Å². The van der Waals surface area contributed by atoms with Gasteiger partial charge in [0.1, 0.15) is 0 Å². The summed E-state index contributed by atoms with van der Waals surface area (Å²) in [5.41, 5.74) is 1.40. The van der Waals surface area contributed by atoms with Gasteiger partial charge in [0.05, 0.1) is 12.7 Å². The van der Waals surface area contributed by atoms with Crippen LogP contribution in [0.2, 0.25) is 0 Å². The average Bonchev–Trinajstić information content (AvgIpc) is 3.00. The smallest absolute Gasteiger partial charge is 0.337 e. The van der Waals surface area contributed by atoms with Crippen molar-refractivity contribution in [3.05, 3.63) is 29.8 Å². The number of carbonyl (C=O) groups is 2. The first kappa shape index (κ1) is 15.4. The SMILES string of the molecule is COC(=O)c1ccc(NCCC(=O)NC2CCCC2)cc1. The Labute approximate surface area is 125 Å². The van der Waals surface area contributed by atoms with E-state index < -0.39 is 0 Å². The third-order valence-corrected chi connectivity index (χ3v) is 3.71. The van der Waals surface area contributed by atoms with Crippen molar-refractivity contribution in [1.82, 2.24) is 5.32 Å². The fourth-order valence-corrected chi connectivity index (χ4v) is 2.53. The van der Waals surface area contributed by atoms with Crippen LogP contribution in [-0.4, -0.2) is 31.6 Å². The highest BCUT2D eigenvalue weighted by molar-refractivity contribution is 5.89. The van der Waals surface area contributed by atoms with E-state index in [2.05, 4.69) is 15.4 Å². The lowest BCUT2D eigenvalue weighted by Gasteiger charge is -2.12. The Morgan fingerprint density at radius 1 is 1.19 bits per heavy atom. The van der Waals surface area contributed by atoms with Gasteiger partial charge in [-0.3, -0.25) is 4.79 Å². The van der Waals surface area contributed by atoms with Gasteiger partial charge < -0.3 is 15.4 Å². The predicted octanol–water partition coefficient (Wildman–Crippen LogP) is 2.33. The molecule has 1 aromatic carbocycles. The van der Waals surface area contributed by atoms with Crippen LogP contribution in [0.1, 0.15) is 42.5 Å². The maximum absolute atomic E-state index is 11.8. The zero-order valence-electron chi connectivity index (χ0n) is 12.4. The van der Waals surface area contributed by atoms with Gasteiger partial charge in [0.2, 0.25) is 5.91 Å². The van der Waals surface area contributed by atoms with Gasteiger partial charge in [0.25, 0.3) is 0 Å². The summed E-state index contributed by atoms with van der Waals surface area (Å²) in [6, 6.07) is 7.39. The number of benzene rings is 1. The van der Waals surface area contributed by atoms with Crippen molar-refractivity contribution in [1.29, 1.82) is 0 Å². The van der Waals surface area contributed by atoms with Gasteiger partial charge in [-0.05, 0) is 37.1 Å². The summed E-state index contributed by atoms with van der Waals surface area (Å²) in [7, 11) is 1.36. The Bertz CT molecular complexity index is 479. The Morgan fingerprint density at radius 3 is 2.48 bits per heavy atom. The highest BCUT2D eigenvalue weighted by Gasteiger charge is 2.16. The number of anilines is 1. The normalized spacial score (nSPS) is 14.7. The molecule has 0 unspecified atom stereocenters. The van der Waals surface area contributed by atoms with Crippen LogP contribution in [0.3, 0.4) is 0 Å². The molecule has 0 aromatic heterocycles. The van der Waals surface area contributed by atoms with Crippen molar-refractivity contribution in [2.45, 2.75) is 38.1 Å². The lowest BCUT2D eigenvalue weighted by molar-refractivity contribution is -0.121. The first-order chi connectivity index (χ1) is 10.2. The Hall–Kier alpha value is -2.04. The zero-order chi connectivity index (χ0) is 15.1. The van der Waals surface area contributed by atoms with Crippen LogP contribution >= 0.6 is 0 Å². The van der Waals surface area contributed by atoms with E-state index in [0.29, 0.717) is 24.6 Å². The van der Waals surface area contributed by atoms with Crippen LogP contribution < -0.4 is 10.6 Å². The fraction of sp³-hybridized carbons (Fsp3) is 0.500. The fourth-order valence-electron chi connectivity index (χ4n) is 2.53. The van der Waals surface area contributed by atoms with Crippen molar-refractivity contribution < 1.29 is 14.3 Å². The Morgan fingerprint density at radius 2 is 1.86 bits per heavy atom. The third-order valence-electron chi connectivity index (χ3n) is 3.71. The Balaban J connectivity index is 1.70. The summed E-state index contributed by atoms with van der Waals surface area (Å²) < 4.78 is 4.64. The molecule has 0 aliphatic heterocycles. The minimum Gasteiger partial charge on any atom is -0.465 e. The number of hydrogen-bond donors (Lipinski definition) is 2. The van der Waals surface area contributed by atoms with Crippen LogP contribution in [0.25, 0.3) is 0 Å². The molecular weight excluding hydrogens is 268 g/mol. The van der Waals surface area contributed by atoms with Gasteiger partial charge in [-0.15, -0.1) is 0 Å². The second kappa shape index (κ2) is 7.67. The number of methoxy groups -OCH3 is 1. The molecule has 0 heterocycles. The summed E-state index contributed by atoms with van der Waals surface area (Å²) in [5, 5.41) is 6.23. The van der Waals surface area contributed by atoms with Gasteiger partial charge in [0, 0.05) is 24.7 Å². The monoisotopic (exact) mass is 290 g/mol. The minimum absolute atomic E-state index is 0.0978. The van der Waals surface area contributed by atoms with Crippen molar-refractivity contribution >= 4 is 17.6 Å². The van der Waals surface area contributed by atoms with Crippen molar-refractivity contribution in [3.8, 4) is 0 Å². The zero-order valence-corrected chi connectivity index (χ0v) is 12.4. The van der Waals surface area contributed by atoms with E-state index >= 15 is 0 Å². The van der Waals surface area contributed by atoms with E-state index in [9.17, 15) is 9.59 Å². The molecule has 1 aliphatic rings. The van der Waals surface area contributed by atoms with Crippen LogP contribution in [0.4, 0.5) is 5.69 Å². The number of amides is 1. The van der Waals surface area contributed by atoms with E-state index in [1.807, 2.05) is 0 Å². The minimum atomic E-state index is -0.350. The van der Waals surface area contributed by atoms with Crippen molar-refractivity contribution in [3.63, 3.8) is 0 Å². The largest absolute Gasteiger partial charge is 0.465 e. The van der Waals surface area contributed by atoms with E-state index in [4.69, 9.17) is 0 Å². The van der Waals surface area contributed by atoms with Crippen molar-refractivity contribution in [2.24, 2.45) is 0 Å². The molecule has 21 heavy (non-hydrogen) atoms. The van der Waals surface area contributed by atoms with Crippen LogP contribution in [0, 0.1) is 0 Å². The molecular formula is C16H22N2O3. The molecule has 1 aliphatic carbocycles. The van der Waals surface area contributed by atoms with E-state index in [1.54, 1.807) is 24.3 Å². The van der Waals surface area contributed by atoms with Crippen LogP contribution in [-0.2, 0) is 9.53 Å². The lowest BCUT2D eigenvalue weighted by Crippen LogP contribution is -2.33. The predicted molar refractivity (Wildman–Crippen MR) is 81.3 cm³/mol. The first-order valence-corrected chi connectivity index (χ1v) is 7.40. The summed E-state index contributed by atoms with van der Waals surface area (Å²) in [5.74, 6) is -0.252. The van der Waals surface area contributed by atoms with Gasteiger partial charge in [-0.2, -0.15) is 0 Å². The highest BCUT2D eigenvalue weighted by atomic mass is 16.5. The number of nitrogens with one attached hydrogen (secondary N) is 2. The second-order valence-corrected chi connectivity index (χ2v) is 5.29. The molecule has 2 N–H and O–H groups in total. The second-order valence-electron chi connectivity index (χ2n) is 5.29.